The van der Waals surface area contributed by atoms with Crippen LogP contribution in [0.2, 0.25) is 0 Å². The van der Waals surface area contributed by atoms with Gasteiger partial charge in [0.1, 0.15) is 5.75 Å². The van der Waals surface area contributed by atoms with Gasteiger partial charge in [0.05, 0.1) is 30.4 Å². The summed E-state index contributed by atoms with van der Waals surface area (Å²) >= 11 is -0.125. The second-order valence-corrected chi connectivity index (χ2v) is 10.5. The minimum atomic E-state index is -1.47. The van der Waals surface area contributed by atoms with Crippen molar-refractivity contribution >= 4 is 39.3 Å². The molecule has 0 fully saturated rings. The van der Waals surface area contributed by atoms with Gasteiger partial charge < -0.3 is 21.1 Å². The lowest BCUT2D eigenvalue weighted by molar-refractivity contribution is 0.295. The molecule has 11 nitrogen and oxygen atoms in total. The molecule has 1 atom stereocenters. The molecule has 0 saturated carbocycles. The highest BCUT2D eigenvalue weighted by molar-refractivity contribution is 7.80. The van der Waals surface area contributed by atoms with E-state index in [1.165, 1.54) is 21.3 Å². The SMILES string of the molecule is CN(C)Cc1cccc(OCCCNN2C=CN(Nc3cccc(-c4csc(N=C(N)N)n4)c3)S2=O)c1. The highest BCUT2D eigenvalue weighted by atomic mass is 32.2. The first-order valence-corrected chi connectivity index (χ1v) is 13.5. The summed E-state index contributed by atoms with van der Waals surface area (Å²) in [7, 11) is 4.08. The van der Waals surface area contributed by atoms with Crippen LogP contribution < -0.4 is 27.1 Å². The van der Waals surface area contributed by atoms with Crippen molar-refractivity contribution in [2.24, 2.45) is 16.5 Å². The zero-order valence-corrected chi connectivity index (χ0v) is 22.3. The molecular weight excluding hydrogens is 510 g/mol. The molecule has 1 aliphatic rings. The Kier molecular flexibility index (Phi) is 8.95. The van der Waals surface area contributed by atoms with Gasteiger partial charge in [0.15, 0.2) is 5.96 Å². The second kappa shape index (κ2) is 12.5. The maximum absolute atomic E-state index is 12.9. The summed E-state index contributed by atoms with van der Waals surface area (Å²) in [4.78, 5) is 10.5. The number of rotatable bonds is 12. The lowest BCUT2D eigenvalue weighted by Crippen LogP contribution is -2.39. The van der Waals surface area contributed by atoms with E-state index in [0.717, 1.165) is 35.7 Å². The topological polar surface area (TPSA) is 137 Å². The van der Waals surface area contributed by atoms with Crippen molar-refractivity contribution in [3.63, 3.8) is 0 Å². The average Bonchev–Trinajstić information content (AvgIpc) is 3.45. The quantitative estimate of drug-likeness (QED) is 0.156. The molecule has 0 radical (unpaired) electrons. The van der Waals surface area contributed by atoms with E-state index in [1.54, 1.807) is 16.8 Å². The fourth-order valence-electron chi connectivity index (χ4n) is 3.49. The first-order chi connectivity index (χ1) is 17.9. The number of hydrogen-bond acceptors (Lipinski definition) is 8. The van der Waals surface area contributed by atoms with Gasteiger partial charge in [-0.1, -0.05) is 24.3 Å². The summed E-state index contributed by atoms with van der Waals surface area (Å²) in [6.07, 6.45) is 4.19. The highest BCUT2D eigenvalue weighted by Gasteiger charge is 2.22. The van der Waals surface area contributed by atoms with Crippen molar-refractivity contribution in [2.45, 2.75) is 13.0 Å². The molecule has 1 unspecified atom stereocenters. The number of anilines is 1. The van der Waals surface area contributed by atoms with Crippen molar-refractivity contribution < 1.29 is 8.95 Å². The first kappa shape index (κ1) is 26.4. The summed E-state index contributed by atoms with van der Waals surface area (Å²) in [5.41, 5.74) is 20.8. The number of aromatic nitrogens is 1. The molecule has 4 rings (SSSR count). The number of benzene rings is 2. The number of guanidine groups is 1. The molecule has 196 valence electrons. The van der Waals surface area contributed by atoms with E-state index in [-0.39, 0.29) is 5.96 Å². The number of aliphatic imine (C=N–C) groups is 1. The van der Waals surface area contributed by atoms with Crippen LogP contribution in [0.5, 0.6) is 5.75 Å². The number of nitrogens with one attached hydrogen (secondary N) is 2. The third kappa shape index (κ3) is 7.67. The molecular formula is C24H31N9O2S2. The van der Waals surface area contributed by atoms with E-state index < -0.39 is 11.2 Å². The molecule has 0 aliphatic carbocycles. The average molecular weight is 542 g/mol. The Morgan fingerprint density at radius 1 is 1.16 bits per heavy atom. The van der Waals surface area contributed by atoms with E-state index in [9.17, 15) is 4.21 Å². The smallest absolute Gasteiger partial charge is 0.258 e. The van der Waals surface area contributed by atoms with Crippen LogP contribution in [0.4, 0.5) is 10.8 Å². The van der Waals surface area contributed by atoms with Gasteiger partial charge in [-0.3, -0.25) is 5.43 Å². The molecule has 6 N–H and O–H groups in total. The van der Waals surface area contributed by atoms with Gasteiger partial charge in [0.2, 0.25) is 5.13 Å². The zero-order valence-electron chi connectivity index (χ0n) is 20.7. The molecule has 0 bridgehead atoms. The maximum atomic E-state index is 12.9. The zero-order chi connectivity index (χ0) is 26.2. The minimum absolute atomic E-state index is 0.0318. The van der Waals surface area contributed by atoms with Crippen LogP contribution in [0, 0.1) is 0 Å². The van der Waals surface area contributed by atoms with Crippen molar-refractivity contribution in [1.82, 2.24) is 24.1 Å². The summed E-state index contributed by atoms with van der Waals surface area (Å²) in [6, 6.07) is 15.7. The number of nitrogens with zero attached hydrogens (tertiary/aromatic N) is 5. The number of hydrazine groups is 2. The van der Waals surface area contributed by atoms with E-state index in [2.05, 4.69) is 37.9 Å². The van der Waals surface area contributed by atoms with Gasteiger partial charge in [-0.2, -0.15) is 9.41 Å². The predicted molar refractivity (Wildman–Crippen MR) is 150 cm³/mol. The molecule has 3 aromatic rings. The molecule has 0 spiro atoms. The number of nitrogens with two attached hydrogens (primary N) is 2. The summed E-state index contributed by atoms with van der Waals surface area (Å²) in [5, 5.41) is 2.37. The van der Waals surface area contributed by atoms with E-state index in [4.69, 9.17) is 16.2 Å². The molecule has 1 aromatic heterocycles. The van der Waals surface area contributed by atoms with Crippen LogP contribution in [-0.2, 0) is 17.7 Å². The fraction of sp³-hybridized carbons (Fsp3) is 0.250. The Balaban J connectivity index is 1.23. The predicted octanol–water partition coefficient (Wildman–Crippen LogP) is 2.74. The van der Waals surface area contributed by atoms with Crippen LogP contribution >= 0.6 is 11.3 Å². The van der Waals surface area contributed by atoms with E-state index >= 15 is 0 Å². The lowest BCUT2D eigenvalue weighted by Gasteiger charge is -2.21. The molecule has 2 aromatic carbocycles. The molecule has 2 heterocycles. The molecule has 13 heteroatoms. The van der Waals surface area contributed by atoms with Gasteiger partial charge in [-0.15, -0.1) is 11.3 Å². The number of thiazole rings is 1. The Morgan fingerprint density at radius 2 is 1.97 bits per heavy atom. The Hall–Kier alpha value is -3.65. The van der Waals surface area contributed by atoms with Crippen molar-refractivity contribution in [3.8, 4) is 17.0 Å². The van der Waals surface area contributed by atoms with Gasteiger partial charge in [-0.25, -0.2) is 19.0 Å². The van der Waals surface area contributed by atoms with Gasteiger partial charge in [0, 0.05) is 24.0 Å². The van der Waals surface area contributed by atoms with Gasteiger partial charge >= 0.3 is 0 Å². The highest BCUT2D eigenvalue weighted by Crippen LogP contribution is 2.28. The Labute approximate surface area is 223 Å². The molecule has 37 heavy (non-hydrogen) atoms. The van der Waals surface area contributed by atoms with Gasteiger partial charge in [0.25, 0.3) is 11.2 Å². The van der Waals surface area contributed by atoms with E-state index in [1.807, 2.05) is 55.9 Å². The van der Waals surface area contributed by atoms with Gasteiger partial charge in [-0.05, 0) is 50.3 Å². The lowest BCUT2D eigenvalue weighted by atomic mass is 10.1. The van der Waals surface area contributed by atoms with Crippen molar-refractivity contribution in [3.05, 3.63) is 71.9 Å². The monoisotopic (exact) mass is 541 g/mol. The van der Waals surface area contributed by atoms with E-state index in [0.29, 0.717) is 18.3 Å². The Bertz CT molecular complexity index is 1270. The third-order valence-corrected chi connectivity index (χ3v) is 6.91. The van der Waals surface area contributed by atoms with Crippen LogP contribution in [0.25, 0.3) is 11.3 Å². The van der Waals surface area contributed by atoms with Crippen molar-refractivity contribution in [1.29, 1.82) is 0 Å². The Morgan fingerprint density at radius 3 is 2.78 bits per heavy atom. The molecule has 0 amide bonds. The molecule has 0 saturated heterocycles. The van der Waals surface area contributed by atoms with Crippen LogP contribution in [-0.4, -0.2) is 56.1 Å². The second-order valence-electron chi connectivity index (χ2n) is 8.42. The summed E-state index contributed by atoms with van der Waals surface area (Å²) in [6.45, 7) is 2.03. The van der Waals surface area contributed by atoms with Crippen molar-refractivity contribution in [2.75, 3.05) is 32.7 Å². The van der Waals surface area contributed by atoms with Crippen LogP contribution in [0.1, 0.15) is 12.0 Å². The first-order valence-electron chi connectivity index (χ1n) is 11.6. The minimum Gasteiger partial charge on any atom is -0.494 e. The maximum Gasteiger partial charge on any atom is 0.258 e. The fourth-order valence-corrected chi connectivity index (χ4v) is 5.10. The largest absolute Gasteiger partial charge is 0.494 e. The van der Waals surface area contributed by atoms with Crippen LogP contribution in [0.3, 0.4) is 0 Å². The molecule has 1 aliphatic heterocycles. The standard InChI is InChI=1S/C24H31N9O2S2/c1-31(2)16-18-6-3-9-21(14-18)35-13-5-10-27-32-11-12-33(37(32)34)30-20-8-4-7-19(15-20)22-17-36-24(28-22)29-23(25)26/h3-4,6-9,11-12,14-15,17,27,30H,5,10,13,16H2,1-2H3,(H4,25,26,28,29). The van der Waals surface area contributed by atoms with Crippen LogP contribution in [0.15, 0.2) is 71.3 Å². The summed E-state index contributed by atoms with van der Waals surface area (Å²) < 4.78 is 21.8. The third-order valence-electron chi connectivity index (χ3n) is 5.04. The normalized spacial score (nSPS) is 14.8. The number of hydrogen-bond donors (Lipinski definition) is 4. The number of ether oxygens (including phenoxy) is 1. The summed E-state index contributed by atoms with van der Waals surface area (Å²) in [5.74, 6) is 0.822.